The lowest BCUT2D eigenvalue weighted by molar-refractivity contribution is -0.390. The number of nitrogens with one attached hydrogen (secondary N) is 1. The van der Waals surface area contributed by atoms with Gasteiger partial charge < -0.3 is 9.73 Å². The van der Waals surface area contributed by atoms with Crippen LogP contribution in [0.15, 0.2) is 33.5 Å². The van der Waals surface area contributed by atoms with Gasteiger partial charge in [-0.25, -0.2) is 14.6 Å². The highest BCUT2D eigenvalue weighted by Gasteiger charge is 2.48. The Morgan fingerprint density at radius 3 is 2.69 bits per heavy atom. The molecule has 1 aromatic carbocycles. The van der Waals surface area contributed by atoms with Crippen LogP contribution in [-0.2, 0) is 9.78 Å². The highest BCUT2D eigenvalue weighted by molar-refractivity contribution is 5.72. The van der Waals surface area contributed by atoms with Crippen LogP contribution in [-0.4, -0.2) is 29.9 Å². The molecule has 1 spiro atoms. The van der Waals surface area contributed by atoms with Crippen LogP contribution in [0.1, 0.15) is 58.4 Å². The minimum Gasteiger partial charge on any atom is -0.408 e. The minimum atomic E-state index is -0.229. The topological polar surface area (TPSA) is 65.6 Å². The fourth-order valence-corrected chi connectivity index (χ4v) is 6.16. The van der Waals surface area contributed by atoms with Gasteiger partial charge in [-0.1, -0.05) is 26.0 Å². The first kappa shape index (κ1) is 19.3. The van der Waals surface area contributed by atoms with Gasteiger partial charge in [0.05, 0.1) is 18.2 Å². The van der Waals surface area contributed by atoms with Crippen molar-refractivity contribution in [3.05, 3.63) is 34.8 Å². The number of para-hydroxylation sites is 2. The second kappa shape index (κ2) is 7.25. The van der Waals surface area contributed by atoms with Gasteiger partial charge in [0.15, 0.2) is 5.58 Å². The zero-order valence-electron chi connectivity index (χ0n) is 17.5. The number of nitrogens with zero attached hydrogens (tertiary/aromatic N) is 1. The molecule has 2 unspecified atom stereocenters. The first-order valence-electron chi connectivity index (χ1n) is 11.1. The molecule has 0 radical (unpaired) electrons. The first-order valence-corrected chi connectivity index (χ1v) is 11.1. The van der Waals surface area contributed by atoms with Crippen LogP contribution in [0, 0.1) is 17.3 Å². The van der Waals surface area contributed by atoms with E-state index in [4.69, 9.17) is 14.2 Å². The molecule has 3 aliphatic rings. The molecule has 158 valence electrons. The van der Waals surface area contributed by atoms with Crippen LogP contribution >= 0.6 is 0 Å². The minimum absolute atomic E-state index is 0.0427. The molecule has 6 heteroatoms. The van der Waals surface area contributed by atoms with E-state index in [1.165, 1.54) is 0 Å². The molecule has 2 atom stereocenters. The van der Waals surface area contributed by atoms with Gasteiger partial charge in [0.25, 0.3) is 0 Å². The van der Waals surface area contributed by atoms with Gasteiger partial charge >= 0.3 is 5.76 Å². The number of aromatic nitrogens is 1. The average molecular weight is 401 g/mol. The molecule has 3 fully saturated rings. The summed E-state index contributed by atoms with van der Waals surface area (Å²) in [7, 11) is 0. The fourth-order valence-electron chi connectivity index (χ4n) is 6.16. The predicted octanol–water partition coefficient (Wildman–Crippen LogP) is 4.05. The summed E-state index contributed by atoms with van der Waals surface area (Å²) in [5, 5.41) is 3.65. The van der Waals surface area contributed by atoms with E-state index in [-0.39, 0.29) is 22.8 Å². The molecule has 0 amide bonds. The van der Waals surface area contributed by atoms with Crippen LogP contribution in [0.2, 0.25) is 0 Å². The Labute approximate surface area is 171 Å². The molecule has 0 bridgehead atoms. The summed E-state index contributed by atoms with van der Waals surface area (Å²) in [5.41, 5.74) is 1.47. The number of hydrogen-bond acceptors (Lipinski definition) is 5. The van der Waals surface area contributed by atoms with Crippen molar-refractivity contribution in [2.75, 3.05) is 19.7 Å². The molecule has 2 saturated heterocycles. The average Bonchev–Trinajstić information content (AvgIpc) is 3.04. The van der Waals surface area contributed by atoms with Crippen LogP contribution in [0.25, 0.3) is 11.1 Å². The van der Waals surface area contributed by atoms with Crippen molar-refractivity contribution in [3.8, 4) is 0 Å². The van der Waals surface area contributed by atoms with E-state index in [9.17, 15) is 4.79 Å². The molecular formula is C23H32N2O4. The zero-order chi connectivity index (χ0) is 20.1. The zero-order valence-corrected chi connectivity index (χ0v) is 17.5. The monoisotopic (exact) mass is 400 g/mol. The number of hydrogen-bond donors (Lipinski definition) is 1. The lowest BCUT2D eigenvalue weighted by atomic mass is 9.64. The van der Waals surface area contributed by atoms with Crippen molar-refractivity contribution in [2.45, 2.75) is 64.0 Å². The van der Waals surface area contributed by atoms with Crippen molar-refractivity contribution >= 4 is 11.1 Å². The number of fused-ring (bicyclic) bond motifs is 1. The third-order valence-corrected chi connectivity index (χ3v) is 7.61. The second-order valence-electron chi connectivity index (χ2n) is 9.96. The summed E-state index contributed by atoms with van der Waals surface area (Å²) < 4.78 is 7.57. The largest absolute Gasteiger partial charge is 0.420 e. The Hall–Kier alpha value is -1.63. The van der Waals surface area contributed by atoms with Gasteiger partial charge in [-0.15, -0.1) is 0 Å². The van der Waals surface area contributed by atoms with Gasteiger partial charge in [-0.2, -0.15) is 0 Å². The number of piperidine rings is 1. The Morgan fingerprint density at radius 1 is 1.14 bits per heavy atom. The van der Waals surface area contributed by atoms with E-state index in [1.807, 2.05) is 28.8 Å². The van der Waals surface area contributed by atoms with Crippen molar-refractivity contribution in [2.24, 2.45) is 17.3 Å². The Morgan fingerprint density at radius 2 is 1.93 bits per heavy atom. The van der Waals surface area contributed by atoms with Crippen LogP contribution in [0.5, 0.6) is 0 Å². The third kappa shape index (κ3) is 3.35. The van der Waals surface area contributed by atoms with E-state index < -0.39 is 0 Å². The van der Waals surface area contributed by atoms with Gasteiger partial charge in [0.2, 0.25) is 0 Å². The van der Waals surface area contributed by atoms with Gasteiger partial charge in [0.1, 0.15) is 5.60 Å². The van der Waals surface area contributed by atoms with Gasteiger partial charge in [-0.3, -0.25) is 4.57 Å². The summed E-state index contributed by atoms with van der Waals surface area (Å²) in [4.78, 5) is 24.1. The fraction of sp³-hybridized carbons (Fsp3) is 0.696. The molecule has 6 nitrogen and oxygen atoms in total. The molecule has 1 saturated carbocycles. The summed E-state index contributed by atoms with van der Waals surface area (Å²) in [5.74, 6) is 0.718. The summed E-state index contributed by atoms with van der Waals surface area (Å²) >= 11 is 0. The molecule has 1 aliphatic carbocycles. The lowest BCUT2D eigenvalue weighted by Gasteiger charge is -2.50. The summed E-state index contributed by atoms with van der Waals surface area (Å²) in [6.45, 7) is 7.09. The van der Waals surface area contributed by atoms with E-state index in [2.05, 4.69) is 19.2 Å². The standard InChI is InChI=1S/C23H32N2O4/c1-22(2)15-24-14-17(16-8-11-23(12-9-16)10-5-13-27-29-23)20(22)25-18-6-3-4-7-19(18)28-21(25)26/h3-4,6-7,16-17,20,24H,5,8-15H2,1-2H3. The van der Waals surface area contributed by atoms with Crippen molar-refractivity contribution < 1.29 is 14.2 Å². The maximum absolute atomic E-state index is 12.9. The summed E-state index contributed by atoms with van der Waals surface area (Å²) in [6, 6.07) is 7.93. The predicted molar refractivity (Wildman–Crippen MR) is 111 cm³/mol. The molecule has 3 heterocycles. The maximum atomic E-state index is 12.9. The molecule has 2 aliphatic heterocycles. The molecule has 29 heavy (non-hydrogen) atoms. The molecule has 2 aromatic rings. The number of rotatable bonds is 2. The van der Waals surface area contributed by atoms with Gasteiger partial charge in [0, 0.05) is 13.1 Å². The van der Waals surface area contributed by atoms with E-state index >= 15 is 0 Å². The Kier molecular flexibility index (Phi) is 4.84. The maximum Gasteiger partial charge on any atom is 0.420 e. The third-order valence-electron chi connectivity index (χ3n) is 7.61. The first-order chi connectivity index (χ1) is 14.0. The van der Waals surface area contributed by atoms with E-state index in [0.717, 1.165) is 57.1 Å². The highest BCUT2D eigenvalue weighted by Crippen LogP contribution is 2.49. The highest BCUT2D eigenvalue weighted by atomic mass is 17.2. The smallest absolute Gasteiger partial charge is 0.408 e. The van der Waals surface area contributed by atoms with Crippen molar-refractivity contribution in [1.29, 1.82) is 0 Å². The van der Waals surface area contributed by atoms with E-state index in [0.29, 0.717) is 24.0 Å². The molecular weight excluding hydrogens is 368 g/mol. The van der Waals surface area contributed by atoms with Crippen LogP contribution < -0.4 is 11.1 Å². The second-order valence-corrected chi connectivity index (χ2v) is 9.96. The van der Waals surface area contributed by atoms with Gasteiger partial charge in [-0.05, 0) is 67.9 Å². The molecule has 1 N–H and O–H groups in total. The number of oxazole rings is 1. The van der Waals surface area contributed by atoms with E-state index in [1.54, 1.807) is 0 Å². The van der Waals surface area contributed by atoms with Crippen LogP contribution in [0.3, 0.4) is 0 Å². The Bertz CT molecular complexity index is 914. The normalized spacial score (nSPS) is 35.2. The lowest BCUT2D eigenvalue weighted by Crippen LogP contribution is -2.54. The Balaban J connectivity index is 1.47. The van der Waals surface area contributed by atoms with Crippen molar-refractivity contribution in [1.82, 2.24) is 9.88 Å². The summed E-state index contributed by atoms with van der Waals surface area (Å²) in [6.07, 6.45) is 6.51. The quantitative estimate of drug-likeness (QED) is 0.771. The molecule has 1 aromatic heterocycles. The number of benzene rings is 1. The SMILES string of the molecule is CC1(C)CNCC(C2CCC3(CCCOO3)CC2)C1n1c(=O)oc2ccccc21. The van der Waals surface area contributed by atoms with Crippen LogP contribution in [0.4, 0.5) is 0 Å². The molecule has 5 rings (SSSR count). The van der Waals surface area contributed by atoms with Crippen molar-refractivity contribution in [3.63, 3.8) is 0 Å².